The van der Waals surface area contributed by atoms with Crippen molar-refractivity contribution in [2.24, 2.45) is 11.8 Å². The topological polar surface area (TPSA) is 198 Å². The predicted molar refractivity (Wildman–Crippen MR) is 155 cm³/mol. The summed E-state index contributed by atoms with van der Waals surface area (Å²) in [4.78, 5) is 48.0. The summed E-state index contributed by atoms with van der Waals surface area (Å²) in [6.45, 7) is 2.10. The van der Waals surface area contributed by atoms with Gasteiger partial charge in [-0.3, -0.25) is 14.6 Å². The van der Waals surface area contributed by atoms with E-state index in [1.807, 2.05) is 16.7 Å². The zero-order valence-electron chi connectivity index (χ0n) is 23.2. The Kier molecular flexibility index (Phi) is 9.09. The largest absolute Gasteiger partial charge is 0.527 e. The van der Waals surface area contributed by atoms with Crippen LogP contribution in [0.15, 0.2) is 48.8 Å². The first-order valence-electron chi connectivity index (χ1n) is 13.9. The van der Waals surface area contributed by atoms with Crippen LogP contribution < -0.4 is 16.1 Å². The van der Waals surface area contributed by atoms with E-state index < -0.39 is 19.8 Å². The lowest BCUT2D eigenvalue weighted by atomic mass is 10.1. The third-order valence-corrected chi connectivity index (χ3v) is 7.57. The fourth-order valence-electron chi connectivity index (χ4n) is 4.54. The van der Waals surface area contributed by atoms with E-state index in [1.54, 1.807) is 30.6 Å². The lowest BCUT2D eigenvalue weighted by Crippen LogP contribution is -2.40. The molecule has 14 nitrogen and oxygen atoms in total. The van der Waals surface area contributed by atoms with Crippen LogP contribution in [0.1, 0.15) is 45.1 Å². The molecule has 2 heterocycles. The van der Waals surface area contributed by atoms with Gasteiger partial charge in [0.2, 0.25) is 5.95 Å². The molecule has 3 atom stereocenters. The second-order valence-electron chi connectivity index (χ2n) is 10.8. The van der Waals surface area contributed by atoms with Crippen molar-refractivity contribution in [1.82, 2.24) is 19.5 Å². The van der Waals surface area contributed by atoms with E-state index in [1.165, 1.54) is 12.0 Å². The van der Waals surface area contributed by atoms with Crippen molar-refractivity contribution in [3.63, 3.8) is 0 Å². The summed E-state index contributed by atoms with van der Waals surface area (Å²) in [5, 5.41) is 13.9. The number of aliphatic hydroxyl groups is 1. The van der Waals surface area contributed by atoms with Gasteiger partial charge in [0.1, 0.15) is 0 Å². The smallest absolute Gasteiger partial charge is 0.396 e. The number of nitrogens with zero attached hydrogens (tertiary/aromatic N) is 5. The van der Waals surface area contributed by atoms with E-state index in [0.717, 1.165) is 49.1 Å². The minimum absolute atomic E-state index is 0.162. The van der Waals surface area contributed by atoms with Crippen LogP contribution in [0.5, 0.6) is 0 Å². The molecule has 0 amide bonds. The molecule has 2 aromatic heterocycles. The van der Waals surface area contributed by atoms with Crippen molar-refractivity contribution in [1.29, 1.82) is 0 Å². The van der Waals surface area contributed by atoms with Gasteiger partial charge in [-0.15, -0.1) is 0 Å². The van der Waals surface area contributed by atoms with Crippen molar-refractivity contribution in [2.45, 2.75) is 57.2 Å². The molecule has 15 heteroatoms. The summed E-state index contributed by atoms with van der Waals surface area (Å²) in [7, 11) is -4.86. The molecular formula is C27H36N7O7P. The highest BCUT2D eigenvalue weighted by Gasteiger charge is 2.32. The number of nitrogen functional groups attached to an aromatic ring is 1. The molecule has 0 aliphatic heterocycles. The standard InChI is InChI=1S/C14H18N6O.C13H18NO6P/c15-14-18-12(17-9-2-3-9)11-13(19-14)20(7-16-11)10-4-1-8(5-10)6-21;1-10(13(15)20-21(16,17)18)14(19-9-11-7-8-11)12-5-3-2-4-6-12/h1,4,7-10,21H,2-3,5-6H2,(H3,15,17,18,19);2-6,10-11H,7-9H2,1H3,(H2,16,17,18)/t8-,10+;10-/m10/s1. The molecule has 3 aromatic rings. The Labute approximate surface area is 242 Å². The van der Waals surface area contributed by atoms with E-state index in [-0.39, 0.29) is 24.5 Å². The zero-order chi connectivity index (χ0) is 29.9. The quantitative estimate of drug-likeness (QED) is 0.122. The highest BCUT2D eigenvalue weighted by molar-refractivity contribution is 7.46. The van der Waals surface area contributed by atoms with Crippen molar-refractivity contribution < 1.29 is 33.6 Å². The molecule has 6 N–H and O–H groups in total. The number of benzene rings is 1. The third kappa shape index (κ3) is 7.84. The molecule has 2 fully saturated rings. The van der Waals surface area contributed by atoms with Gasteiger partial charge in [-0.2, -0.15) is 9.97 Å². The Morgan fingerprint density at radius 1 is 1.19 bits per heavy atom. The van der Waals surface area contributed by atoms with Gasteiger partial charge in [0.25, 0.3) is 0 Å². The molecule has 226 valence electrons. The van der Waals surface area contributed by atoms with E-state index in [4.69, 9.17) is 20.4 Å². The van der Waals surface area contributed by atoms with Crippen LogP contribution in [0.2, 0.25) is 0 Å². The molecule has 3 aliphatic rings. The highest BCUT2D eigenvalue weighted by atomic mass is 31.2. The summed E-state index contributed by atoms with van der Waals surface area (Å²) in [5.74, 6) is 0.618. The Morgan fingerprint density at radius 2 is 1.93 bits per heavy atom. The monoisotopic (exact) mass is 601 g/mol. The van der Waals surface area contributed by atoms with Gasteiger partial charge in [0.15, 0.2) is 23.0 Å². The van der Waals surface area contributed by atoms with E-state index >= 15 is 0 Å². The Bertz CT molecular complexity index is 1460. The summed E-state index contributed by atoms with van der Waals surface area (Å²) < 4.78 is 16.9. The maximum Gasteiger partial charge on any atom is 0.527 e. The van der Waals surface area contributed by atoms with Crippen molar-refractivity contribution >= 4 is 42.4 Å². The number of anilines is 3. The van der Waals surface area contributed by atoms with Crippen LogP contribution in [0, 0.1) is 11.8 Å². The number of hydrogen-bond donors (Lipinski definition) is 5. The normalized spacial score (nSPS) is 20.6. The van der Waals surface area contributed by atoms with Crippen molar-refractivity contribution in [2.75, 3.05) is 29.3 Å². The summed E-state index contributed by atoms with van der Waals surface area (Å²) >= 11 is 0. The van der Waals surface area contributed by atoms with Gasteiger partial charge in [-0.1, -0.05) is 30.4 Å². The van der Waals surface area contributed by atoms with Crippen LogP contribution in [0.25, 0.3) is 11.2 Å². The first-order valence-corrected chi connectivity index (χ1v) is 15.5. The van der Waals surface area contributed by atoms with Gasteiger partial charge in [0, 0.05) is 18.6 Å². The SMILES string of the molecule is C[C@@H](C(=O)OP(=O)(O)O)N(OCC1CC1)c1ccccc1.Nc1nc(NC2CC2)c2ncn([C@H]3C=C[C@@H](CO)C3)c2n1. The fourth-order valence-corrected chi connectivity index (χ4v) is 4.92. The number of allylic oxidation sites excluding steroid dienone is 1. The number of para-hydroxylation sites is 1. The molecule has 3 aliphatic carbocycles. The number of carbonyl (C=O) groups is 1. The number of rotatable bonds is 11. The number of aliphatic hydroxyl groups excluding tert-OH is 1. The average molecular weight is 602 g/mol. The molecule has 0 bridgehead atoms. The molecule has 6 rings (SSSR count). The van der Waals surface area contributed by atoms with Crippen molar-refractivity contribution in [3.05, 3.63) is 48.8 Å². The molecule has 42 heavy (non-hydrogen) atoms. The minimum Gasteiger partial charge on any atom is -0.396 e. The van der Waals surface area contributed by atoms with Gasteiger partial charge in [-0.05, 0) is 57.1 Å². The third-order valence-electron chi connectivity index (χ3n) is 7.16. The number of carbonyl (C=O) groups excluding carboxylic acids is 1. The van der Waals surface area contributed by atoms with E-state index in [2.05, 4.69) is 30.9 Å². The Morgan fingerprint density at radius 3 is 2.55 bits per heavy atom. The van der Waals surface area contributed by atoms with Gasteiger partial charge >= 0.3 is 13.8 Å². The lowest BCUT2D eigenvalue weighted by molar-refractivity contribution is -0.139. The van der Waals surface area contributed by atoms with Crippen LogP contribution in [0.4, 0.5) is 17.5 Å². The number of hydrogen-bond acceptors (Lipinski definition) is 11. The van der Waals surface area contributed by atoms with Crippen LogP contribution in [0.3, 0.4) is 0 Å². The second-order valence-corrected chi connectivity index (χ2v) is 11.9. The fraction of sp³-hybridized carbons (Fsp3) is 0.481. The molecule has 0 spiro atoms. The number of phosphoric ester groups is 1. The molecule has 0 radical (unpaired) electrons. The Balaban J connectivity index is 0.000000168. The maximum atomic E-state index is 11.8. The lowest BCUT2D eigenvalue weighted by Gasteiger charge is -2.28. The molecular weight excluding hydrogens is 565 g/mol. The van der Waals surface area contributed by atoms with E-state index in [9.17, 15) is 14.5 Å². The second kappa shape index (κ2) is 12.8. The number of phosphoric acid groups is 1. The van der Waals surface area contributed by atoms with Gasteiger partial charge < -0.3 is 25.2 Å². The zero-order valence-corrected chi connectivity index (χ0v) is 24.1. The summed E-state index contributed by atoms with van der Waals surface area (Å²) in [6, 6.07) is 8.55. The highest BCUT2D eigenvalue weighted by Crippen LogP contribution is 2.37. The van der Waals surface area contributed by atoms with Crippen LogP contribution in [-0.2, 0) is 18.7 Å². The number of nitrogens with one attached hydrogen (secondary N) is 1. The van der Waals surface area contributed by atoms with Crippen LogP contribution >= 0.6 is 7.82 Å². The molecule has 0 unspecified atom stereocenters. The first-order chi connectivity index (χ1) is 20.1. The summed E-state index contributed by atoms with van der Waals surface area (Å²) in [6.07, 6.45) is 11.3. The summed E-state index contributed by atoms with van der Waals surface area (Å²) in [5.41, 5.74) is 7.97. The number of imidazole rings is 1. The number of aromatic nitrogens is 4. The van der Waals surface area contributed by atoms with Gasteiger partial charge in [0.05, 0.1) is 24.7 Å². The molecule has 0 saturated heterocycles. The minimum atomic E-state index is -4.86. The predicted octanol–water partition coefficient (Wildman–Crippen LogP) is 2.95. The number of fused-ring (bicyclic) bond motifs is 1. The Hall–Kier alpha value is -3.55. The molecule has 1 aromatic carbocycles. The first kappa shape index (κ1) is 29.9. The van der Waals surface area contributed by atoms with E-state index in [0.29, 0.717) is 24.3 Å². The molecule has 2 saturated carbocycles. The average Bonchev–Trinajstić information content (AvgIpc) is 3.86. The van der Waals surface area contributed by atoms with Crippen molar-refractivity contribution in [3.8, 4) is 0 Å². The number of nitrogens with two attached hydrogens (primary N) is 1. The maximum absolute atomic E-state index is 11.8. The number of hydroxylamine groups is 1. The van der Waals surface area contributed by atoms with Crippen LogP contribution in [-0.4, -0.2) is 65.7 Å². The van der Waals surface area contributed by atoms with Gasteiger partial charge in [-0.25, -0.2) is 19.4 Å².